The fourth-order valence-corrected chi connectivity index (χ4v) is 7.90. The Hall–Kier alpha value is -3.74. The molecule has 1 fully saturated rings. The summed E-state index contributed by atoms with van der Waals surface area (Å²) in [5.74, 6) is 0.439. The summed E-state index contributed by atoms with van der Waals surface area (Å²) in [6.45, 7) is 2.14. The van der Waals surface area contributed by atoms with Crippen LogP contribution in [0.3, 0.4) is 0 Å². The van der Waals surface area contributed by atoms with E-state index >= 15 is 0 Å². The van der Waals surface area contributed by atoms with Gasteiger partial charge in [-0.25, -0.2) is 0 Å². The highest BCUT2D eigenvalue weighted by molar-refractivity contribution is 7.14. The summed E-state index contributed by atoms with van der Waals surface area (Å²) in [7, 11) is 0. The Labute approximate surface area is 272 Å². The predicted molar refractivity (Wildman–Crippen MR) is 179 cm³/mol. The number of aromatic nitrogens is 4. The Morgan fingerprint density at radius 3 is 2.42 bits per heavy atom. The normalized spacial score (nSPS) is 17.8. The molecule has 0 radical (unpaired) electrons. The van der Waals surface area contributed by atoms with Crippen molar-refractivity contribution in [2.75, 3.05) is 12.3 Å². The minimum absolute atomic E-state index is 0.0435. The average molecular weight is 647 g/mol. The molecular formula is C33H42N8O2S2. The second kappa shape index (κ2) is 16.0. The summed E-state index contributed by atoms with van der Waals surface area (Å²) < 4.78 is 0. The van der Waals surface area contributed by atoms with Gasteiger partial charge in [0.25, 0.3) is 0 Å². The van der Waals surface area contributed by atoms with Crippen LogP contribution in [0.25, 0.3) is 10.6 Å². The largest absolute Gasteiger partial charge is 0.399 e. The van der Waals surface area contributed by atoms with Crippen LogP contribution in [-0.4, -0.2) is 38.8 Å². The molecule has 0 saturated heterocycles. The first-order valence-electron chi connectivity index (χ1n) is 15.7. The van der Waals surface area contributed by atoms with Crippen LogP contribution in [0, 0.1) is 5.92 Å². The van der Waals surface area contributed by atoms with E-state index in [0.29, 0.717) is 25.1 Å². The van der Waals surface area contributed by atoms with Gasteiger partial charge in [0.1, 0.15) is 20.0 Å². The number of benzene rings is 2. The van der Waals surface area contributed by atoms with Crippen LogP contribution in [0.5, 0.6) is 0 Å². The third-order valence-corrected chi connectivity index (χ3v) is 10.5. The number of nitrogens with zero attached hydrogens (tertiary/aromatic N) is 4. The third kappa shape index (κ3) is 9.38. The SMILES string of the molecule is CC(=O)NC(Cc1ccc(N)cc1)c1nnc(C2CCCC(CC(=O)NC(CCCCN)c3nnc(-c4ccccc4)s3)C2)s1. The average Bonchev–Trinajstić information content (AvgIpc) is 3.73. The topological polar surface area (TPSA) is 162 Å². The molecule has 4 atom stereocenters. The van der Waals surface area contributed by atoms with E-state index in [1.54, 1.807) is 11.3 Å². The number of nitrogen functional groups attached to an aromatic ring is 1. The fourth-order valence-electron chi connectivity index (χ4n) is 5.93. The van der Waals surface area contributed by atoms with Gasteiger partial charge < -0.3 is 22.1 Å². The lowest BCUT2D eigenvalue weighted by molar-refractivity contribution is -0.123. The Morgan fingerprint density at radius 2 is 1.67 bits per heavy atom. The van der Waals surface area contributed by atoms with Gasteiger partial charge in [-0.1, -0.05) is 71.6 Å². The molecule has 45 heavy (non-hydrogen) atoms. The van der Waals surface area contributed by atoms with Gasteiger partial charge in [-0.15, -0.1) is 20.4 Å². The first kappa shape index (κ1) is 32.6. The van der Waals surface area contributed by atoms with Crippen molar-refractivity contribution in [1.82, 2.24) is 31.0 Å². The summed E-state index contributed by atoms with van der Waals surface area (Å²) in [5.41, 5.74) is 14.4. The third-order valence-electron chi connectivity index (χ3n) is 8.20. The first-order chi connectivity index (χ1) is 21.9. The highest BCUT2D eigenvalue weighted by Gasteiger charge is 2.30. The second-order valence-electron chi connectivity index (χ2n) is 11.8. The number of unbranched alkanes of at least 4 members (excludes halogenated alkanes) is 1. The number of carbonyl (C=O) groups excluding carboxylic acids is 2. The maximum Gasteiger partial charge on any atom is 0.220 e. The zero-order chi connectivity index (χ0) is 31.6. The van der Waals surface area contributed by atoms with Gasteiger partial charge in [0, 0.05) is 30.5 Å². The highest BCUT2D eigenvalue weighted by atomic mass is 32.1. The summed E-state index contributed by atoms with van der Waals surface area (Å²) in [6, 6.07) is 17.2. The van der Waals surface area contributed by atoms with Crippen molar-refractivity contribution in [1.29, 1.82) is 0 Å². The number of hydrogen-bond acceptors (Lipinski definition) is 10. The van der Waals surface area contributed by atoms with Crippen molar-refractivity contribution in [3.05, 3.63) is 75.2 Å². The van der Waals surface area contributed by atoms with Crippen molar-refractivity contribution in [2.45, 2.75) is 82.7 Å². The smallest absolute Gasteiger partial charge is 0.220 e. The number of anilines is 1. The lowest BCUT2D eigenvalue weighted by Crippen LogP contribution is -2.31. The molecule has 0 spiro atoms. The number of nitrogens with two attached hydrogens (primary N) is 2. The standard InChI is InChI=1S/C33H42N8O2S2/c1-21(42)36-28(19-22-13-15-26(35)16-14-22)33-41-39-31(45-33)25-11-7-8-23(18-25)20-29(43)37-27(12-5-6-17-34)32-40-38-30(44-32)24-9-3-2-4-10-24/h2-4,9-10,13-16,23,25,27-28H,5-8,11-12,17-20,34-35H2,1H3,(H,36,42)(H,37,43). The Bertz CT molecular complexity index is 1520. The number of amides is 2. The van der Waals surface area contributed by atoms with E-state index in [9.17, 15) is 9.59 Å². The molecule has 2 amide bonds. The quantitative estimate of drug-likeness (QED) is 0.100. The zero-order valence-corrected chi connectivity index (χ0v) is 27.3. The molecule has 6 N–H and O–H groups in total. The van der Waals surface area contributed by atoms with E-state index in [1.807, 2.05) is 54.6 Å². The van der Waals surface area contributed by atoms with Gasteiger partial charge in [0.05, 0.1) is 12.1 Å². The Morgan fingerprint density at radius 1 is 0.911 bits per heavy atom. The van der Waals surface area contributed by atoms with E-state index < -0.39 is 0 Å². The number of rotatable bonds is 14. The van der Waals surface area contributed by atoms with Crippen LogP contribution in [0.2, 0.25) is 0 Å². The lowest BCUT2D eigenvalue weighted by atomic mass is 9.80. The van der Waals surface area contributed by atoms with Crippen molar-refractivity contribution in [2.24, 2.45) is 11.7 Å². The zero-order valence-electron chi connectivity index (χ0n) is 25.7. The van der Waals surface area contributed by atoms with Gasteiger partial charge in [-0.05, 0) is 75.1 Å². The molecule has 4 unspecified atom stereocenters. The molecule has 1 aliphatic carbocycles. The van der Waals surface area contributed by atoms with Crippen LogP contribution in [0.4, 0.5) is 5.69 Å². The van der Waals surface area contributed by atoms with E-state index in [2.05, 4.69) is 31.0 Å². The van der Waals surface area contributed by atoms with Crippen LogP contribution in [-0.2, 0) is 16.0 Å². The van der Waals surface area contributed by atoms with Gasteiger partial charge in [0.15, 0.2) is 0 Å². The van der Waals surface area contributed by atoms with Crippen molar-refractivity contribution in [3.8, 4) is 10.6 Å². The summed E-state index contributed by atoms with van der Waals surface area (Å²) in [4.78, 5) is 25.4. The highest BCUT2D eigenvalue weighted by Crippen LogP contribution is 2.40. The molecule has 4 aromatic rings. The molecule has 238 valence electrons. The maximum atomic E-state index is 13.4. The van der Waals surface area contributed by atoms with Crippen molar-refractivity contribution < 1.29 is 9.59 Å². The second-order valence-corrected chi connectivity index (χ2v) is 13.9. The van der Waals surface area contributed by atoms with E-state index in [1.165, 1.54) is 18.3 Å². The molecule has 2 aromatic carbocycles. The molecule has 0 aliphatic heterocycles. The summed E-state index contributed by atoms with van der Waals surface area (Å²) in [6.07, 6.45) is 7.60. The number of nitrogens with one attached hydrogen (secondary N) is 2. The van der Waals surface area contributed by atoms with E-state index in [-0.39, 0.29) is 35.7 Å². The molecule has 5 rings (SSSR count). The monoisotopic (exact) mass is 646 g/mol. The lowest BCUT2D eigenvalue weighted by Gasteiger charge is -2.28. The van der Waals surface area contributed by atoms with E-state index in [0.717, 1.165) is 76.1 Å². The Balaban J connectivity index is 1.21. The molecule has 0 bridgehead atoms. The molecule has 1 saturated carbocycles. The van der Waals surface area contributed by atoms with Gasteiger partial charge >= 0.3 is 0 Å². The molecule has 2 aromatic heterocycles. The minimum Gasteiger partial charge on any atom is -0.399 e. The number of carbonyl (C=O) groups is 2. The minimum atomic E-state index is -0.262. The predicted octanol–water partition coefficient (Wildman–Crippen LogP) is 5.71. The first-order valence-corrected chi connectivity index (χ1v) is 17.3. The van der Waals surface area contributed by atoms with Crippen molar-refractivity contribution in [3.63, 3.8) is 0 Å². The summed E-state index contributed by atoms with van der Waals surface area (Å²) >= 11 is 3.10. The molecule has 2 heterocycles. The van der Waals surface area contributed by atoms with Crippen LogP contribution in [0.15, 0.2) is 54.6 Å². The fraction of sp³-hybridized carbons (Fsp3) is 0.455. The van der Waals surface area contributed by atoms with Crippen LogP contribution < -0.4 is 22.1 Å². The van der Waals surface area contributed by atoms with Gasteiger partial charge in [-0.2, -0.15) is 0 Å². The van der Waals surface area contributed by atoms with Crippen molar-refractivity contribution >= 4 is 40.2 Å². The maximum absolute atomic E-state index is 13.4. The van der Waals surface area contributed by atoms with Crippen LogP contribution in [0.1, 0.15) is 96.9 Å². The Kier molecular flexibility index (Phi) is 11.6. The molecule has 10 nitrogen and oxygen atoms in total. The van der Waals surface area contributed by atoms with Gasteiger partial charge in [0.2, 0.25) is 11.8 Å². The summed E-state index contributed by atoms with van der Waals surface area (Å²) in [5, 5.41) is 27.7. The molecular weight excluding hydrogens is 605 g/mol. The number of hydrogen-bond donors (Lipinski definition) is 4. The molecule has 1 aliphatic rings. The van der Waals surface area contributed by atoms with Crippen LogP contribution >= 0.6 is 22.7 Å². The van der Waals surface area contributed by atoms with Gasteiger partial charge in [-0.3, -0.25) is 9.59 Å². The van der Waals surface area contributed by atoms with E-state index in [4.69, 9.17) is 11.5 Å². The molecule has 12 heteroatoms.